The minimum atomic E-state index is -3.79. The number of anilines is 1. The topological polar surface area (TPSA) is 108 Å². The van der Waals surface area contributed by atoms with Gasteiger partial charge in [0.15, 0.2) is 11.5 Å². The summed E-state index contributed by atoms with van der Waals surface area (Å²) in [5.74, 6) is 0.474. The van der Waals surface area contributed by atoms with Gasteiger partial charge in [-0.05, 0) is 42.5 Å². The second-order valence-electron chi connectivity index (χ2n) is 5.57. The van der Waals surface area contributed by atoms with E-state index in [2.05, 4.69) is 5.32 Å². The number of benzene rings is 2. The lowest BCUT2D eigenvalue weighted by Gasteiger charge is -2.10. The van der Waals surface area contributed by atoms with Crippen LogP contribution in [-0.4, -0.2) is 21.4 Å². The van der Waals surface area contributed by atoms with Crippen molar-refractivity contribution >= 4 is 39.3 Å². The number of sulfonamides is 1. The van der Waals surface area contributed by atoms with Gasteiger partial charge in [-0.3, -0.25) is 4.79 Å². The molecule has 0 aliphatic carbocycles. The van der Waals surface area contributed by atoms with Crippen molar-refractivity contribution in [2.75, 3.05) is 12.4 Å². The Bertz CT molecular complexity index is 1060. The predicted octanol–water partition coefficient (Wildman–Crippen LogP) is 2.92. The first kappa shape index (κ1) is 19.0. The first-order valence-electron chi connectivity index (χ1n) is 7.64. The van der Waals surface area contributed by atoms with Crippen LogP contribution in [0.2, 0.25) is 5.02 Å². The zero-order valence-electron chi connectivity index (χ0n) is 14.1. The fraction of sp³-hybridized carbons (Fsp3) is 0.0556. The molecule has 0 saturated carbocycles. The Kier molecular flexibility index (Phi) is 5.22. The first-order valence-corrected chi connectivity index (χ1v) is 9.57. The summed E-state index contributed by atoms with van der Waals surface area (Å²) in [5, 5.41) is 8.17. The smallest absolute Gasteiger partial charge is 0.255 e. The van der Waals surface area contributed by atoms with Gasteiger partial charge in [0.25, 0.3) is 5.91 Å². The maximum atomic E-state index is 12.6. The van der Waals surface area contributed by atoms with E-state index < -0.39 is 15.9 Å². The number of nitrogens with two attached hydrogens (primary N) is 1. The summed E-state index contributed by atoms with van der Waals surface area (Å²) in [6.45, 7) is 0. The van der Waals surface area contributed by atoms with Gasteiger partial charge in [-0.1, -0.05) is 11.6 Å². The van der Waals surface area contributed by atoms with E-state index in [1.54, 1.807) is 18.2 Å². The summed E-state index contributed by atoms with van der Waals surface area (Å²) in [7, 11) is -2.30. The molecule has 0 saturated heterocycles. The zero-order chi connectivity index (χ0) is 19.6. The molecule has 140 valence electrons. The summed E-state index contributed by atoms with van der Waals surface area (Å²) in [6.07, 6.45) is 4.49. The van der Waals surface area contributed by atoms with Crippen LogP contribution in [0.4, 0.5) is 5.69 Å². The van der Waals surface area contributed by atoms with Gasteiger partial charge < -0.3 is 14.8 Å². The lowest BCUT2D eigenvalue weighted by atomic mass is 10.1. The summed E-state index contributed by atoms with van der Waals surface area (Å²) >= 11 is 6.08. The minimum absolute atomic E-state index is 0.0434. The van der Waals surface area contributed by atoms with E-state index in [0.717, 1.165) is 0 Å². The highest BCUT2D eigenvalue weighted by molar-refractivity contribution is 7.89. The Morgan fingerprint density at radius 3 is 2.56 bits per heavy atom. The normalized spacial score (nSPS) is 13.1. The lowest BCUT2D eigenvalue weighted by Crippen LogP contribution is -2.14. The zero-order valence-corrected chi connectivity index (χ0v) is 15.7. The number of primary sulfonamides is 1. The number of carbonyl (C=O) groups is 1. The molecule has 3 N–H and O–H groups in total. The molecule has 3 rings (SSSR count). The highest BCUT2D eigenvalue weighted by Crippen LogP contribution is 2.37. The van der Waals surface area contributed by atoms with Crippen molar-refractivity contribution in [3.05, 3.63) is 64.9 Å². The van der Waals surface area contributed by atoms with Gasteiger partial charge in [-0.2, -0.15) is 0 Å². The maximum absolute atomic E-state index is 12.6. The monoisotopic (exact) mass is 406 g/mol. The van der Waals surface area contributed by atoms with Crippen LogP contribution in [0.5, 0.6) is 11.5 Å². The molecule has 7 nitrogen and oxygen atoms in total. The number of ether oxygens (including phenoxy) is 2. The second-order valence-corrected chi connectivity index (χ2v) is 7.57. The van der Waals surface area contributed by atoms with Crippen molar-refractivity contribution in [1.29, 1.82) is 0 Å². The van der Waals surface area contributed by atoms with Crippen molar-refractivity contribution in [3.8, 4) is 11.5 Å². The molecule has 0 bridgehead atoms. The van der Waals surface area contributed by atoms with Crippen molar-refractivity contribution in [3.63, 3.8) is 0 Å². The third-order valence-electron chi connectivity index (χ3n) is 3.72. The number of amides is 1. The second kappa shape index (κ2) is 7.43. The fourth-order valence-electron chi connectivity index (χ4n) is 2.44. The number of nitrogens with one attached hydrogen (secondary N) is 1. The van der Waals surface area contributed by atoms with E-state index in [1.165, 1.54) is 43.7 Å². The SMILES string of the molecule is COc1cc(Cl)cc2c1OC=CC(C(=O)Nc1ccc(S(N)(=O)=O)cc1)=C2. The van der Waals surface area contributed by atoms with Crippen LogP contribution in [0.1, 0.15) is 5.56 Å². The van der Waals surface area contributed by atoms with Crippen LogP contribution in [0.25, 0.3) is 6.08 Å². The van der Waals surface area contributed by atoms with Gasteiger partial charge in [0, 0.05) is 27.9 Å². The Morgan fingerprint density at radius 1 is 1.22 bits per heavy atom. The van der Waals surface area contributed by atoms with Crippen molar-refractivity contribution in [2.45, 2.75) is 4.90 Å². The number of rotatable bonds is 4. The number of fused-ring (bicyclic) bond motifs is 1. The Labute approximate surface area is 161 Å². The van der Waals surface area contributed by atoms with Gasteiger partial charge in [-0.25, -0.2) is 13.6 Å². The molecule has 2 aromatic rings. The van der Waals surface area contributed by atoms with E-state index in [9.17, 15) is 13.2 Å². The van der Waals surface area contributed by atoms with Crippen LogP contribution in [0, 0.1) is 0 Å². The molecule has 1 heterocycles. The molecule has 0 aromatic heterocycles. The largest absolute Gasteiger partial charge is 0.493 e. The van der Waals surface area contributed by atoms with Crippen LogP contribution in [0.3, 0.4) is 0 Å². The number of hydrogen-bond donors (Lipinski definition) is 2. The van der Waals surface area contributed by atoms with E-state index in [4.69, 9.17) is 26.2 Å². The van der Waals surface area contributed by atoms with Crippen LogP contribution >= 0.6 is 11.6 Å². The molecule has 0 atom stereocenters. The van der Waals surface area contributed by atoms with Crippen LogP contribution in [0.15, 0.2) is 59.2 Å². The van der Waals surface area contributed by atoms with Crippen molar-refractivity contribution in [1.82, 2.24) is 0 Å². The molecule has 9 heteroatoms. The Hall–Kier alpha value is -2.81. The van der Waals surface area contributed by atoms with Crippen LogP contribution < -0.4 is 19.9 Å². The van der Waals surface area contributed by atoms with Crippen molar-refractivity contribution < 1.29 is 22.7 Å². The molecule has 27 heavy (non-hydrogen) atoms. The molecule has 1 aliphatic heterocycles. The minimum Gasteiger partial charge on any atom is -0.493 e. The van der Waals surface area contributed by atoms with Gasteiger partial charge in [0.05, 0.1) is 18.3 Å². The third-order valence-corrected chi connectivity index (χ3v) is 4.86. The molecule has 1 aliphatic rings. The van der Waals surface area contributed by atoms with Gasteiger partial charge in [0.1, 0.15) is 0 Å². The first-order chi connectivity index (χ1) is 12.8. The van der Waals surface area contributed by atoms with Gasteiger partial charge in [0.2, 0.25) is 10.0 Å². The average molecular weight is 407 g/mol. The van der Waals surface area contributed by atoms with Gasteiger partial charge in [-0.15, -0.1) is 0 Å². The molecule has 0 fully saturated rings. The highest BCUT2D eigenvalue weighted by atomic mass is 35.5. The van der Waals surface area contributed by atoms with E-state index in [1.807, 2.05) is 0 Å². The highest BCUT2D eigenvalue weighted by Gasteiger charge is 2.17. The number of halogens is 1. The Balaban J connectivity index is 1.87. The molecule has 0 unspecified atom stereocenters. The molecule has 2 aromatic carbocycles. The summed E-state index contributed by atoms with van der Waals surface area (Å²) in [5.41, 5.74) is 1.31. The lowest BCUT2D eigenvalue weighted by molar-refractivity contribution is -0.112. The summed E-state index contributed by atoms with van der Waals surface area (Å²) in [4.78, 5) is 12.5. The molecule has 0 radical (unpaired) electrons. The molecule has 1 amide bonds. The van der Waals surface area contributed by atoms with Crippen molar-refractivity contribution in [2.24, 2.45) is 5.14 Å². The van der Waals surface area contributed by atoms with Crippen LogP contribution in [-0.2, 0) is 14.8 Å². The number of carbonyl (C=O) groups excluding carboxylic acids is 1. The third kappa shape index (κ3) is 4.30. The molecule has 0 spiro atoms. The maximum Gasteiger partial charge on any atom is 0.255 e. The van der Waals surface area contributed by atoms with E-state index in [0.29, 0.717) is 33.3 Å². The Morgan fingerprint density at radius 2 is 1.93 bits per heavy atom. The van der Waals surface area contributed by atoms with E-state index in [-0.39, 0.29) is 4.90 Å². The number of hydrogen-bond acceptors (Lipinski definition) is 5. The molecular formula is C18H15ClN2O5S. The standard InChI is InChI=1S/C18H15ClN2O5S/c1-25-16-10-13(19)9-12-8-11(6-7-26-17(12)16)18(22)21-14-2-4-15(5-3-14)27(20,23)24/h2-10H,1H3,(H,21,22)(H2,20,23,24). The number of methoxy groups -OCH3 is 1. The van der Waals surface area contributed by atoms with E-state index >= 15 is 0 Å². The summed E-state index contributed by atoms with van der Waals surface area (Å²) < 4.78 is 33.4. The average Bonchev–Trinajstić information content (AvgIpc) is 2.83. The summed E-state index contributed by atoms with van der Waals surface area (Å²) in [6, 6.07) is 8.78. The van der Waals surface area contributed by atoms with Gasteiger partial charge >= 0.3 is 0 Å². The fourth-order valence-corrected chi connectivity index (χ4v) is 3.17. The molecular weight excluding hydrogens is 392 g/mol. The predicted molar refractivity (Wildman–Crippen MR) is 102 cm³/mol. The quantitative estimate of drug-likeness (QED) is 0.811.